The van der Waals surface area contributed by atoms with Crippen LogP contribution in [0.3, 0.4) is 0 Å². The lowest BCUT2D eigenvalue weighted by atomic mass is 9.77. The predicted molar refractivity (Wildman–Crippen MR) is 29.6 cm³/mol. The van der Waals surface area contributed by atoms with E-state index in [1.165, 1.54) is 17.9 Å². The van der Waals surface area contributed by atoms with Gasteiger partial charge in [0.15, 0.2) is 0 Å². The molecule has 1 aliphatic carbocycles. The number of rotatable bonds is 0. The molecule has 2 heteroatoms. The van der Waals surface area contributed by atoms with Gasteiger partial charge in [-0.2, -0.15) is 5.06 Å². The minimum Gasteiger partial charge on any atom is -0.314 e. The fraction of sp³-hybridized carbons (Fsp3) is 1.00. The Labute approximate surface area is 49.1 Å². The molecule has 2 rings (SSSR count). The molecule has 0 radical (unpaired) electrons. The Balaban J connectivity index is 2.00. The van der Waals surface area contributed by atoms with Gasteiger partial charge in [-0.25, -0.2) is 0 Å². The zero-order valence-electron chi connectivity index (χ0n) is 4.88. The van der Waals surface area contributed by atoms with Crippen LogP contribution in [0, 0.1) is 11.8 Å². The van der Waals surface area contributed by atoms with E-state index in [0.29, 0.717) is 0 Å². The van der Waals surface area contributed by atoms with Gasteiger partial charge in [-0.15, -0.1) is 0 Å². The number of nitrogens with zero attached hydrogens (tertiary/aromatic N) is 1. The lowest BCUT2D eigenvalue weighted by Gasteiger charge is -2.27. The third kappa shape index (κ3) is 0.501. The summed E-state index contributed by atoms with van der Waals surface area (Å²) in [6.07, 6.45) is 2.70. The minimum absolute atomic E-state index is 0.847. The molecule has 0 amide bonds. The summed E-state index contributed by atoms with van der Waals surface area (Å²) < 4.78 is 0. The summed E-state index contributed by atoms with van der Waals surface area (Å²) in [5.41, 5.74) is 0. The van der Waals surface area contributed by atoms with E-state index in [1.807, 2.05) is 0 Å². The summed E-state index contributed by atoms with van der Waals surface area (Å²) in [7, 11) is 0. The third-order valence-electron chi connectivity index (χ3n) is 2.47. The molecular formula is C6H11NO. The van der Waals surface area contributed by atoms with Crippen LogP contribution >= 0.6 is 0 Å². The molecule has 1 saturated heterocycles. The Kier molecular flexibility index (Phi) is 0.866. The summed E-state index contributed by atoms with van der Waals surface area (Å²) >= 11 is 0. The molecular weight excluding hydrogens is 102 g/mol. The van der Waals surface area contributed by atoms with Crippen LogP contribution in [0.4, 0.5) is 0 Å². The van der Waals surface area contributed by atoms with Gasteiger partial charge in [-0.1, -0.05) is 0 Å². The highest BCUT2D eigenvalue weighted by Crippen LogP contribution is 2.39. The molecule has 46 valence electrons. The van der Waals surface area contributed by atoms with E-state index in [4.69, 9.17) is 5.21 Å². The number of hydrogen-bond acceptors (Lipinski definition) is 2. The quantitative estimate of drug-likeness (QED) is 0.500. The van der Waals surface area contributed by atoms with Crippen molar-refractivity contribution in [3.05, 3.63) is 0 Å². The van der Waals surface area contributed by atoms with Gasteiger partial charge in [0.05, 0.1) is 0 Å². The highest BCUT2D eigenvalue weighted by Gasteiger charge is 2.38. The Morgan fingerprint density at radius 2 is 1.62 bits per heavy atom. The van der Waals surface area contributed by atoms with E-state index in [9.17, 15) is 0 Å². The standard InChI is InChI=1S/C6H11NO/c8-7-3-5-1-2-6(5)4-7/h5-6,8H,1-4H2. The lowest BCUT2D eigenvalue weighted by molar-refractivity contribution is -0.0715. The molecule has 0 aromatic rings. The van der Waals surface area contributed by atoms with E-state index in [1.54, 1.807) is 0 Å². The first-order valence-corrected chi connectivity index (χ1v) is 3.30. The number of hydroxylamine groups is 2. The molecule has 2 atom stereocenters. The largest absolute Gasteiger partial charge is 0.314 e. The van der Waals surface area contributed by atoms with Gasteiger partial charge in [-0.05, 0) is 24.7 Å². The van der Waals surface area contributed by atoms with E-state index in [-0.39, 0.29) is 0 Å². The Bertz CT molecular complexity index is 92.7. The van der Waals surface area contributed by atoms with Crippen molar-refractivity contribution in [2.24, 2.45) is 11.8 Å². The molecule has 0 aromatic heterocycles. The molecule has 1 saturated carbocycles. The van der Waals surface area contributed by atoms with Crippen LogP contribution in [0.2, 0.25) is 0 Å². The highest BCUT2D eigenvalue weighted by atomic mass is 16.5. The van der Waals surface area contributed by atoms with Crippen molar-refractivity contribution < 1.29 is 5.21 Å². The van der Waals surface area contributed by atoms with Crippen LogP contribution in [0.15, 0.2) is 0 Å². The van der Waals surface area contributed by atoms with Crippen LogP contribution in [0.25, 0.3) is 0 Å². The maximum Gasteiger partial charge on any atom is 0.0269 e. The molecule has 1 aliphatic heterocycles. The van der Waals surface area contributed by atoms with Gasteiger partial charge in [0.25, 0.3) is 0 Å². The zero-order valence-corrected chi connectivity index (χ0v) is 4.88. The maximum atomic E-state index is 8.94. The van der Waals surface area contributed by atoms with Gasteiger partial charge in [0, 0.05) is 13.1 Å². The Hall–Kier alpha value is -0.0800. The molecule has 0 spiro atoms. The lowest BCUT2D eigenvalue weighted by Crippen LogP contribution is -2.22. The van der Waals surface area contributed by atoms with E-state index < -0.39 is 0 Å². The van der Waals surface area contributed by atoms with Crippen LogP contribution < -0.4 is 0 Å². The fourth-order valence-electron chi connectivity index (χ4n) is 1.73. The first-order chi connectivity index (χ1) is 3.86. The van der Waals surface area contributed by atoms with Crippen molar-refractivity contribution in [1.29, 1.82) is 0 Å². The summed E-state index contributed by atoms with van der Waals surface area (Å²) in [5, 5.41) is 10.4. The van der Waals surface area contributed by atoms with Crippen LogP contribution in [-0.2, 0) is 0 Å². The highest BCUT2D eigenvalue weighted by molar-refractivity contribution is 4.88. The van der Waals surface area contributed by atoms with Crippen LogP contribution in [0.5, 0.6) is 0 Å². The zero-order chi connectivity index (χ0) is 5.56. The molecule has 0 bridgehead atoms. The van der Waals surface area contributed by atoms with E-state index in [2.05, 4.69) is 0 Å². The Morgan fingerprint density at radius 1 is 1.12 bits per heavy atom. The Morgan fingerprint density at radius 3 is 1.88 bits per heavy atom. The summed E-state index contributed by atoms with van der Waals surface area (Å²) in [6, 6.07) is 0. The molecule has 0 aromatic carbocycles. The molecule has 2 fully saturated rings. The summed E-state index contributed by atoms with van der Waals surface area (Å²) in [4.78, 5) is 0. The maximum absolute atomic E-state index is 8.94. The smallest absolute Gasteiger partial charge is 0.0269 e. The summed E-state index contributed by atoms with van der Waals surface area (Å²) in [5.74, 6) is 1.69. The van der Waals surface area contributed by atoms with Crippen molar-refractivity contribution >= 4 is 0 Å². The van der Waals surface area contributed by atoms with Crippen LogP contribution in [-0.4, -0.2) is 23.4 Å². The SMILES string of the molecule is ON1CC2CCC2C1. The predicted octanol–water partition coefficient (Wildman–Crippen LogP) is 0.717. The first kappa shape index (κ1) is 4.77. The monoisotopic (exact) mass is 113 g/mol. The molecule has 8 heavy (non-hydrogen) atoms. The summed E-state index contributed by atoms with van der Waals surface area (Å²) in [6.45, 7) is 1.87. The third-order valence-corrected chi connectivity index (χ3v) is 2.47. The fourth-order valence-corrected chi connectivity index (χ4v) is 1.73. The molecule has 2 nitrogen and oxygen atoms in total. The average Bonchev–Trinajstić information content (AvgIpc) is 1.91. The van der Waals surface area contributed by atoms with Crippen molar-refractivity contribution in [1.82, 2.24) is 5.06 Å². The molecule has 1 heterocycles. The molecule has 2 unspecified atom stereocenters. The second-order valence-corrected chi connectivity index (χ2v) is 2.97. The normalized spacial score (nSPS) is 46.1. The molecule has 1 N–H and O–H groups in total. The van der Waals surface area contributed by atoms with E-state index in [0.717, 1.165) is 24.9 Å². The second kappa shape index (κ2) is 1.45. The van der Waals surface area contributed by atoms with Gasteiger partial charge in [0.2, 0.25) is 0 Å². The average molecular weight is 113 g/mol. The van der Waals surface area contributed by atoms with Crippen molar-refractivity contribution in [2.75, 3.05) is 13.1 Å². The minimum atomic E-state index is 0.847. The van der Waals surface area contributed by atoms with Crippen molar-refractivity contribution in [3.8, 4) is 0 Å². The van der Waals surface area contributed by atoms with Crippen LogP contribution in [0.1, 0.15) is 12.8 Å². The van der Waals surface area contributed by atoms with Gasteiger partial charge >= 0.3 is 0 Å². The van der Waals surface area contributed by atoms with Gasteiger partial charge < -0.3 is 5.21 Å². The second-order valence-electron chi connectivity index (χ2n) is 2.97. The number of fused-ring (bicyclic) bond motifs is 1. The molecule has 2 aliphatic rings. The van der Waals surface area contributed by atoms with Crippen molar-refractivity contribution in [3.63, 3.8) is 0 Å². The van der Waals surface area contributed by atoms with Crippen molar-refractivity contribution in [2.45, 2.75) is 12.8 Å². The van der Waals surface area contributed by atoms with Gasteiger partial charge in [0.1, 0.15) is 0 Å². The topological polar surface area (TPSA) is 23.5 Å². The van der Waals surface area contributed by atoms with E-state index >= 15 is 0 Å². The van der Waals surface area contributed by atoms with Gasteiger partial charge in [-0.3, -0.25) is 0 Å². The number of hydrogen-bond donors (Lipinski definition) is 1. The first-order valence-electron chi connectivity index (χ1n) is 3.30.